The number of aryl methyl sites for hydroxylation is 1. The number of halogens is 2. The third-order valence-electron chi connectivity index (χ3n) is 4.74. The molecule has 1 aliphatic rings. The van der Waals surface area contributed by atoms with Crippen molar-refractivity contribution < 1.29 is 0 Å². The predicted molar refractivity (Wildman–Crippen MR) is 107 cm³/mol. The lowest BCUT2D eigenvalue weighted by Crippen LogP contribution is -2.10. The second kappa shape index (κ2) is 6.18. The van der Waals surface area contributed by atoms with Gasteiger partial charge in [0.25, 0.3) is 0 Å². The van der Waals surface area contributed by atoms with E-state index in [-0.39, 0.29) is 5.41 Å². The monoisotopic (exact) mass is 383 g/mol. The van der Waals surface area contributed by atoms with E-state index in [1.807, 2.05) is 30.3 Å². The van der Waals surface area contributed by atoms with Crippen LogP contribution in [-0.2, 0) is 5.41 Å². The van der Waals surface area contributed by atoms with Gasteiger partial charge in [-0.15, -0.1) is 17.8 Å². The zero-order chi connectivity index (χ0) is 17.6. The van der Waals surface area contributed by atoms with Crippen LogP contribution in [-0.4, -0.2) is 4.98 Å². The van der Waals surface area contributed by atoms with Crippen molar-refractivity contribution in [1.82, 2.24) is 4.98 Å². The Hall–Kier alpha value is -1.79. The number of benzene rings is 2. The third kappa shape index (κ3) is 2.77. The molecule has 3 aromatic rings. The topological polar surface area (TPSA) is 12.9 Å². The van der Waals surface area contributed by atoms with E-state index in [1.165, 1.54) is 5.56 Å². The highest BCUT2D eigenvalue weighted by molar-refractivity contribution is 7.12. The number of thiazole rings is 1. The molecule has 1 aliphatic carbocycles. The number of terminal acetylenes is 1. The van der Waals surface area contributed by atoms with Crippen molar-refractivity contribution in [2.24, 2.45) is 0 Å². The van der Waals surface area contributed by atoms with Crippen molar-refractivity contribution in [3.8, 4) is 23.6 Å². The molecule has 25 heavy (non-hydrogen) atoms. The molecular formula is C21H15Cl2NS. The van der Waals surface area contributed by atoms with Crippen molar-refractivity contribution in [3.05, 3.63) is 73.5 Å². The fourth-order valence-electron chi connectivity index (χ4n) is 3.28. The van der Waals surface area contributed by atoms with Gasteiger partial charge in [-0.2, -0.15) is 0 Å². The summed E-state index contributed by atoms with van der Waals surface area (Å²) in [5.41, 5.74) is 3.98. The second-order valence-electron chi connectivity index (χ2n) is 6.32. The van der Waals surface area contributed by atoms with E-state index in [1.54, 1.807) is 17.4 Å². The van der Waals surface area contributed by atoms with Gasteiger partial charge in [0.15, 0.2) is 0 Å². The maximum Gasteiger partial charge on any atom is 0.104 e. The molecule has 124 valence electrons. The number of rotatable bonds is 3. The molecule has 1 fully saturated rings. The quantitative estimate of drug-likeness (QED) is 0.471. The van der Waals surface area contributed by atoms with Gasteiger partial charge in [-0.3, -0.25) is 0 Å². The highest BCUT2D eigenvalue weighted by Gasteiger charge is 2.49. The molecule has 1 saturated carbocycles. The average Bonchev–Trinajstić information content (AvgIpc) is 3.32. The number of aromatic nitrogens is 1. The lowest BCUT2D eigenvalue weighted by atomic mass is 9.92. The minimum absolute atomic E-state index is 0.0461. The van der Waals surface area contributed by atoms with E-state index in [2.05, 4.69) is 18.9 Å². The Morgan fingerprint density at radius 3 is 2.60 bits per heavy atom. The van der Waals surface area contributed by atoms with Crippen molar-refractivity contribution in [3.63, 3.8) is 0 Å². The van der Waals surface area contributed by atoms with Gasteiger partial charge in [-0.25, -0.2) is 4.98 Å². The van der Waals surface area contributed by atoms with Gasteiger partial charge in [0, 0.05) is 26.4 Å². The van der Waals surface area contributed by atoms with Crippen LogP contribution in [0.5, 0.6) is 0 Å². The number of hydrogen-bond acceptors (Lipinski definition) is 2. The van der Waals surface area contributed by atoms with E-state index in [0.29, 0.717) is 10.0 Å². The fourth-order valence-corrected chi connectivity index (χ4v) is 4.97. The molecule has 0 atom stereocenters. The van der Waals surface area contributed by atoms with E-state index >= 15 is 0 Å². The Bertz CT molecular complexity index is 1010. The molecule has 0 radical (unpaired) electrons. The van der Waals surface area contributed by atoms with Crippen LogP contribution >= 0.6 is 34.5 Å². The van der Waals surface area contributed by atoms with Crippen LogP contribution in [0.4, 0.5) is 0 Å². The van der Waals surface area contributed by atoms with Crippen LogP contribution in [0.25, 0.3) is 11.3 Å². The van der Waals surface area contributed by atoms with Gasteiger partial charge in [0.2, 0.25) is 0 Å². The molecule has 1 heterocycles. The third-order valence-corrected chi connectivity index (χ3v) is 6.46. The summed E-state index contributed by atoms with van der Waals surface area (Å²) in [5, 5.41) is 2.37. The summed E-state index contributed by atoms with van der Waals surface area (Å²) in [6.07, 6.45) is 7.87. The summed E-state index contributed by atoms with van der Waals surface area (Å²) in [4.78, 5) is 6.14. The molecule has 0 aliphatic heterocycles. The summed E-state index contributed by atoms with van der Waals surface area (Å²) >= 11 is 14.2. The highest BCUT2D eigenvalue weighted by Crippen LogP contribution is 2.56. The Kier molecular flexibility index (Phi) is 4.12. The highest BCUT2D eigenvalue weighted by atomic mass is 35.5. The Morgan fingerprint density at radius 1 is 1.16 bits per heavy atom. The minimum Gasteiger partial charge on any atom is -0.240 e. The van der Waals surface area contributed by atoms with Gasteiger partial charge >= 0.3 is 0 Å². The van der Waals surface area contributed by atoms with Crippen LogP contribution < -0.4 is 0 Å². The largest absolute Gasteiger partial charge is 0.240 e. The molecule has 0 spiro atoms. The van der Waals surface area contributed by atoms with Gasteiger partial charge in [0.1, 0.15) is 5.01 Å². The van der Waals surface area contributed by atoms with Gasteiger partial charge < -0.3 is 0 Å². The van der Waals surface area contributed by atoms with Crippen molar-refractivity contribution in [1.29, 1.82) is 0 Å². The zero-order valence-corrected chi connectivity index (χ0v) is 16.0. The first kappa shape index (κ1) is 16.7. The maximum atomic E-state index is 6.39. The van der Waals surface area contributed by atoms with Crippen molar-refractivity contribution in [2.75, 3.05) is 0 Å². The average molecular weight is 384 g/mol. The normalized spacial score (nSPS) is 15.0. The van der Waals surface area contributed by atoms with Crippen molar-refractivity contribution in [2.45, 2.75) is 25.2 Å². The molecule has 0 N–H and O–H groups in total. The van der Waals surface area contributed by atoms with E-state index in [9.17, 15) is 0 Å². The van der Waals surface area contributed by atoms with Gasteiger partial charge in [-0.1, -0.05) is 47.3 Å². The molecule has 4 rings (SSSR count). The smallest absolute Gasteiger partial charge is 0.104 e. The van der Waals surface area contributed by atoms with Crippen LogP contribution in [0.3, 0.4) is 0 Å². The first-order valence-corrected chi connectivity index (χ1v) is 9.62. The standard InChI is InChI=1S/C21H15Cl2NS/c1-3-14-6-4-5-7-17(14)21(10-11-21)20-24-19(13(2)25-20)16-9-8-15(22)12-18(16)23/h1,4-9,12H,10-11H2,2H3. The number of hydrogen-bond donors (Lipinski definition) is 0. The molecule has 0 amide bonds. The Balaban J connectivity index is 1.82. The maximum absolute atomic E-state index is 6.39. The van der Waals surface area contributed by atoms with Crippen LogP contribution in [0, 0.1) is 19.3 Å². The molecule has 1 aromatic heterocycles. The SMILES string of the molecule is C#Cc1ccccc1C1(c2nc(-c3ccc(Cl)cc3Cl)c(C)s2)CC1. The van der Waals surface area contributed by atoms with Crippen LogP contribution in [0.1, 0.15) is 33.9 Å². The van der Waals surface area contributed by atoms with Crippen molar-refractivity contribution >= 4 is 34.5 Å². The Morgan fingerprint density at radius 2 is 1.92 bits per heavy atom. The molecule has 0 unspecified atom stereocenters. The molecule has 0 bridgehead atoms. The van der Waals surface area contributed by atoms with E-state index in [0.717, 1.165) is 39.5 Å². The number of nitrogens with zero attached hydrogens (tertiary/aromatic N) is 1. The molecular weight excluding hydrogens is 369 g/mol. The summed E-state index contributed by atoms with van der Waals surface area (Å²) < 4.78 is 0. The van der Waals surface area contributed by atoms with Crippen LogP contribution in [0.2, 0.25) is 10.0 Å². The molecule has 2 aromatic carbocycles. The first-order valence-electron chi connectivity index (χ1n) is 8.04. The predicted octanol–water partition coefficient (Wildman–Crippen LogP) is 6.49. The summed E-state index contributed by atoms with van der Waals surface area (Å²) in [7, 11) is 0. The van der Waals surface area contributed by atoms with Gasteiger partial charge in [0.05, 0.1) is 10.7 Å². The molecule has 4 heteroatoms. The van der Waals surface area contributed by atoms with Crippen LogP contribution in [0.15, 0.2) is 42.5 Å². The van der Waals surface area contributed by atoms with E-state index < -0.39 is 0 Å². The molecule has 0 saturated heterocycles. The Labute approximate surface area is 161 Å². The lowest BCUT2D eigenvalue weighted by molar-refractivity contribution is 0.831. The first-order chi connectivity index (χ1) is 12.0. The minimum atomic E-state index is -0.0461. The molecule has 1 nitrogen and oxygen atoms in total. The second-order valence-corrected chi connectivity index (χ2v) is 8.37. The van der Waals surface area contributed by atoms with Gasteiger partial charge in [-0.05, 0) is 49.6 Å². The summed E-state index contributed by atoms with van der Waals surface area (Å²) in [6.45, 7) is 2.09. The van der Waals surface area contributed by atoms with E-state index in [4.69, 9.17) is 34.6 Å². The zero-order valence-electron chi connectivity index (χ0n) is 13.6. The fraction of sp³-hybridized carbons (Fsp3) is 0.190. The summed E-state index contributed by atoms with van der Waals surface area (Å²) in [6, 6.07) is 13.7. The lowest BCUT2D eigenvalue weighted by Gasteiger charge is -2.14. The summed E-state index contributed by atoms with van der Waals surface area (Å²) in [5.74, 6) is 2.82.